The fourth-order valence-corrected chi connectivity index (χ4v) is 4.43. The minimum Gasteiger partial charge on any atom is -0.351 e. The zero-order valence-electron chi connectivity index (χ0n) is 13.6. The second-order valence-corrected chi connectivity index (χ2v) is 7.61. The summed E-state index contributed by atoms with van der Waals surface area (Å²) >= 11 is 3.01. The van der Waals surface area contributed by atoms with E-state index in [-0.39, 0.29) is 5.91 Å². The molecule has 5 nitrogen and oxygen atoms in total. The number of fused-ring (bicyclic) bond motifs is 3. The molecule has 7 heteroatoms. The lowest BCUT2D eigenvalue weighted by atomic mass is 10.1. The number of nitrogens with one attached hydrogen (secondary N) is 1. The summed E-state index contributed by atoms with van der Waals surface area (Å²) in [7, 11) is 0. The Morgan fingerprint density at radius 2 is 1.96 bits per heavy atom. The van der Waals surface area contributed by atoms with Gasteiger partial charge in [0.1, 0.15) is 0 Å². The average molecular weight is 368 g/mol. The van der Waals surface area contributed by atoms with Crippen LogP contribution in [-0.4, -0.2) is 26.3 Å². The van der Waals surface area contributed by atoms with Crippen LogP contribution in [0.5, 0.6) is 0 Å². The summed E-state index contributed by atoms with van der Waals surface area (Å²) < 4.78 is 3.18. The van der Waals surface area contributed by atoms with E-state index in [4.69, 9.17) is 0 Å². The predicted octanol–water partition coefficient (Wildman–Crippen LogP) is 3.66. The van der Waals surface area contributed by atoms with Crippen LogP contribution >= 0.6 is 23.1 Å². The monoisotopic (exact) mass is 368 g/mol. The Morgan fingerprint density at radius 3 is 2.84 bits per heavy atom. The number of aromatic nitrogens is 3. The quantitative estimate of drug-likeness (QED) is 0.546. The fourth-order valence-electron chi connectivity index (χ4n) is 2.63. The maximum atomic E-state index is 12.2. The Labute approximate surface area is 153 Å². The van der Waals surface area contributed by atoms with E-state index in [9.17, 15) is 4.79 Å². The summed E-state index contributed by atoms with van der Waals surface area (Å²) in [5.74, 6) is 0.307. The van der Waals surface area contributed by atoms with Crippen molar-refractivity contribution in [2.45, 2.75) is 18.6 Å². The summed E-state index contributed by atoms with van der Waals surface area (Å²) in [6.45, 7) is 2.59. The second kappa shape index (κ2) is 6.85. The van der Waals surface area contributed by atoms with Crippen LogP contribution < -0.4 is 5.32 Å². The second-order valence-electron chi connectivity index (χ2n) is 5.66. The molecule has 0 aliphatic carbocycles. The van der Waals surface area contributed by atoms with Gasteiger partial charge in [0.2, 0.25) is 10.9 Å². The highest BCUT2D eigenvalue weighted by atomic mass is 32.2. The Hall–Kier alpha value is -2.38. The molecule has 2 heterocycles. The lowest BCUT2D eigenvalue weighted by Gasteiger charge is -2.07. The molecule has 0 unspecified atom stereocenters. The van der Waals surface area contributed by atoms with Crippen molar-refractivity contribution >= 4 is 44.2 Å². The smallest absolute Gasteiger partial charge is 0.230 e. The first-order valence-electron chi connectivity index (χ1n) is 7.89. The molecule has 1 amide bonds. The number of carbonyl (C=O) groups excluding carboxylic acids is 1. The highest BCUT2D eigenvalue weighted by molar-refractivity contribution is 7.99. The van der Waals surface area contributed by atoms with Crippen LogP contribution in [0.1, 0.15) is 11.1 Å². The Balaban J connectivity index is 1.43. The summed E-state index contributed by atoms with van der Waals surface area (Å²) in [5.41, 5.74) is 3.39. The topological polar surface area (TPSA) is 59.3 Å². The van der Waals surface area contributed by atoms with Crippen molar-refractivity contribution in [1.29, 1.82) is 0 Å². The lowest BCUT2D eigenvalue weighted by Crippen LogP contribution is -2.25. The molecular formula is C18H16N4OS2. The molecule has 2 aromatic carbocycles. The summed E-state index contributed by atoms with van der Waals surface area (Å²) in [6.07, 6.45) is 0. The third-order valence-corrected chi connectivity index (χ3v) is 5.92. The predicted molar refractivity (Wildman–Crippen MR) is 102 cm³/mol. The number of amides is 1. The van der Waals surface area contributed by atoms with Gasteiger partial charge in [-0.3, -0.25) is 9.20 Å². The summed E-state index contributed by atoms with van der Waals surface area (Å²) in [4.78, 5) is 13.0. The number of para-hydroxylation sites is 1. The molecule has 4 rings (SSSR count). The van der Waals surface area contributed by atoms with Gasteiger partial charge in [-0.05, 0) is 30.2 Å². The Morgan fingerprint density at radius 1 is 1.16 bits per heavy atom. The number of thioether (sulfide) groups is 1. The van der Waals surface area contributed by atoms with Crippen molar-refractivity contribution in [3.63, 3.8) is 0 Å². The summed E-state index contributed by atoms with van der Waals surface area (Å²) in [5, 5.41) is 12.1. The van der Waals surface area contributed by atoms with Crippen LogP contribution in [0.25, 0.3) is 15.2 Å². The van der Waals surface area contributed by atoms with Crippen LogP contribution in [-0.2, 0) is 11.3 Å². The number of benzene rings is 2. The third kappa shape index (κ3) is 3.25. The molecule has 0 aliphatic rings. The van der Waals surface area contributed by atoms with Crippen LogP contribution in [0, 0.1) is 6.92 Å². The standard InChI is InChI=1S/C18H16N4OS2/c1-12-6-2-3-7-13(12)10-19-16(23)11-24-17-20-21-18-22(17)14-8-4-5-9-15(14)25-18/h2-9H,10-11H2,1H3,(H,19,23). The number of carbonyl (C=O) groups is 1. The highest BCUT2D eigenvalue weighted by Gasteiger charge is 2.14. The molecule has 0 saturated carbocycles. The van der Waals surface area contributed by atoms with Gasteiger partial charge in [0.25, 0.3) is 0 Å². The SMILES string of the molecule is Cc1ccccc1CNC(=O)CSc1nnc2sc3ccccc3n12. The average Bonchev–Trinajstić information content (AvgIpc) is 3.18. The van der Waals surface area contributed by atoms with E-state index < -0.39 is 0 Å². The molecular weight excluding hydrogens is 352 g/mol. The molecule has 0 saturated heterocycles. The molecule has 1 N–H and O–H groups in total. The summed E-state index contributed by atoms with van der Waals surface area (Å²) in [6, 6.07) is 16.2. The van der Waals surface area contributed by atoms with E-state index in [2.05, 4.69) is 21.6 Å². The third-order valence-electron chi connectivity index (χ3n) is 3.98. The number of aryl methyl sites for hydroxylation is 1. The normalized spacial score (nSPS) is 11.2. The number of nitrogens with zero attached hydrogens (tertiary/aromatic N) is 3. The number of hydrogen-bond donors (Lipinski definition) is 1. The number of hydrogen-bond acceptors (Lipinski definition) is 5. The zero-order valence-corrected chi connectivity index (χ0v) is 15.2. The molecule has 2 aromatic heterocycles. The molecule has 0 atom stereocenters. The molecule has 0 spiro atoms. The van der Waals surface area contributed by atoms with Crippen LogP contribution in [0.4, 0.5) is 0 Å². The van der Waals surface area contributed by atoms with E-state index in [0.717, 1.165) is 21.2 Å². The van der Waals surface area contributed by atoms with Gasteiger partial charge in [0.15, 0.2) is 5.16 Å². The van der Waals surface area contributed by atoms with E-state index in [1.165, 1.54) is 22.0 Å². The van der Waals surface area contributed by atoms with Crippen molar-refractivity contribution in [3.8, 4) is 0 Å². The first-order valence-corrected chi connectivity index (χ1v) is 9.69. The van der Waals surface area contributed by atoms with Gasteiger partial charge in [-0.15, -0.1) is 10.2 Å². The molecule has 0 fully saturated rings. The van der Waals surface area contributed by atoms with Gasteiger partial charge in [0.05, 0.1) is 16.0 Å². The first kappa shape index (κ1) is 16.1. The van der Waals surface area contributed by atoms with Crippen LogP contribution in [0.15, 0.2) is 53.7 Å². The van der Waals surface area contributed by atoms with Crippen LogP contribution in [0.3, 0.4) is 0 Å². The van der Waals surface area contributed by atoms with Gasteiger partial charge in [-0.1, -0.05) is 59.5 Å². The Kier molecular flexibility index (Phi) is 4.42. The van der Waals surface area contributed by atoms with E-state index in [1.54, 1.807) is 11.3 Å². The molecule has 126 valence electrons. The molecule has 0 bridgehead atoms. The van der Waals surface area contributed by atoms with Gasteiger partial charge in [0, 0.05) is 6.54 Å². The van der Waals surface area contributed by atoms with E-state index >= 15 is 0 Å². The van der Waals surface area contributed by atoms with Crippen molar-refractivity contribution in [1.82, 2.24) is 19.9 Å². The molecule has 0 radical (unpaired) electrons. The Bertz CT molecular complexity index is 1050. The largest absolute Gasteiger partial charge is 0.351 e. The van der Waals surface area contributed by atoms with Gasteiger partial charge in [-0.25, -0.2) is 0 Å². The molecule has 0 aliphatic heterocycles. The highest BCUT2D eigenvalue weighted by Crippen LogP contribution is 2.29. The number of thiazole rings is 1. The maximum Gasteiger partial charge on any atom is 0.230 e. The number of rotatable bonds is 5. The van der Waals surface area contributed by atoms with Gasteiger partial charge in [-0.2, -0.15) is 0 Å². The van der Waals surface area contributed by atoms with Gasteiger partial charge >= 0.3 is 0 Å². The zero-order chi connectivity index (χ0) is 17.2. The fraction of sp³-hybridized carbons (Fsp3) is 0.167. The minimum absolute atomic E-state index is 0.00969. The van der Waals surface area contributed by atoms with Crippen molar-refractivity contribution < 1.29 is 4.79 Å². The van der Waals surface area contributed by atoms with Crippen molar-refractivity contribution in [2.75, 3.05) is 5.75 Å². The van der Waals surface area contributed by atoms with Crippen LogP contribution in [0.2, 0.25) is 0 Å². The molecule has 25 heavy (non-hydrogen) atoms. The lowest BCUT2D eigenvalue weighted by molar-refractivity contribution is -0.118. The van der Waals surface area contributed by atoms with Crippen molar-refractivity contribution in [2.24, 2.45) is 0 Å². The van der Waals surface area contributed by atoms with Gasteiger partial charge < -0.3 is 5.32 Å². The van der Waals surface area contributed by atoms with E-state index in [0.29, 0.717) is 12.3 Å². The maximum absolute atomic E-state index is 12.2. The van der Waals surface area contributed by atoms with E-state index in [1.807, 2.05) is 53.8 Å². The first-order chi connectivity index (χ1) is 12.2. The van der Waals surface area contributed by atoms with Crippen molar-refractivity contribution in [3.05, 3.63) is 59.7 Å². The minimum atomic E-state index is -0.00969. The molecule has 4 aromatic rings.